The highest BCUT2D eigenvalue weighted by Crippen LogP contribution is 2.15. The van der Waals surface area contributed by atoms with Gasteiger partial charge in [0, 0.05) is 13.0 Å². The highest BCUT2D eigenvalue weighted by atomic mass is 16.5. The number of nitrogens with zero attached hydrogens (tertiary/aromatic N) is 2. The molecule has 0 saturated carbocycles. The van der Waals surface area contributed by atoms with E-state index >= 15 is 0 Å². The quantitative estimate of drug-likeness (QED) is 0.802. The lowest BCUT2D eigenvalue weighted by atomic mass is 10.2. The molecule has 0 saturated heterocycles. The lowest BCUT2D eigenvalue weighted by Crippen LogP contribution is -2.05. The molecule has 0 unspecified atom stereocenters. The topological polar surface area (TPSA) is 60.2 Å². The third-order valence-electron chi connectivity index (χ3n) is 2.91. The Morgan fingerprint density at radius 1 is 1.35 bits per heavy atom. The Bertz CT molecular complexity index is 525. The molecule has 0 atom stereocenters. The summed E-state index contributed by atoms with van der Waals surface area (Å²) in [5.41, 5.74) is 1.18. The molecule has 0 bridgehead atoms. The Kier molecular flexibility index (Phi) is 5.55. The minimum atomic E-state index is 0.308. The van der Waals surface area contributed by atoms with Crippen LogP contribution in [0.1, 0.15) is 37.0 Å². The fourth-order valence-corrected chi connectivity index (χ4v) is 1.88. The van der Waals surface area contributed by atoms with Gasteiger partial charge in [0.05, 0.1) is 0 Å². The van der Waals surface area contributed by atoms with Gasteiger partial charge in [0.25, 0.3) is 5.89 Å². The van der Waals surface area contributed by atoms with Crippen LogP contribution >= 0.6 is 0 Å². The molecule has 5 nitrogen and oxygen atoms in total. The number of unbranched alkanes of at least 4 members (excludes halogenated alkanes) is 1. The molecule has 1 N–H and O–H groups in total. The maximum atomic E-state index is 5.67. The van der Waals surface area contributed by atoms with E-state index in [-0.39, 0.29) is 0 Å². The molecule has 0 spiro atoms. The van der Waals surface area contributed by atoms with Crippen LogP contribution in [-0.2, 0) is 19.6 Å². The van der Waals surface area contributed by atoms with Crippen LogP contribution in [0.5, 0.6) is 5.75 Å². The zero-order chi connectivity index (χ0) is 14.2. The van der Waals surface area contributed by atoms with Gasteiger partial charge in [-0.1, -0.05) is 30.6 Å². The Balaban J connectivity index is 1.88. The van der Waals surface area contributed by atoms with E-state index in [9.17, 15) is 0 Å². The van der Waals surface area contributed by atoms with E-state index in [1.165, 1.54) is 5.56 Å². The first kappa shape index (κ1) is 14.5. The van der Waals surface area contributed by atoms with E-state index in [2.05, 4.69) is 28.4 Å². The molecule has 0 fully saturated rings. The van der Waals surface area contributed by atoms with E-state index in [1.807, 2.05) is 25.2 Å². The first-order valence-electron chi connectivity index (χ1n) is 6.99. The van der Waals surface area contributed by atoms with Crippen molar-refractivity contribution >= 4 is 0 Å². The number of hydrogen-bond donors (Lipinski definition) is 1. The normalized spacial score (nSPS) is 10.7. The molecular formula is C15H21N3O2. The number of rotatable bonds is 8. The summed E-state index contributed by atoms with van der Waals surface area (Å²) in [6, 6.07) is 7.96. The maximum absolute atomic E-state index is 5.67. The average molecular weight is 275 g/mol. The van der Waals surface area contributed by atoms with Gasteiger partial charge in [0.1, 0.15) is 5.75 Å². The smallest absolute Gasteiger partial charge is 0.264 e. The van der Waals surface area contributed by atoms with Gasteiger partial charge in [-0.05, 0) is 31.2 Å². The Labute approximate surface area is 119 Å². The lowest BCUT2D eigenvalue weighted by Gasteiger charge is -2.05. The van der Waals surface area contributed by atoms with Gasteiger partial charge in [-0.15, -0.1) is 0 Å². The summed E-state index contributed by atoms with van der Waals surface area (Å²) in [7, 11) is 1.92. The van der Waals surface area contributed by atoms with Gasteiger partial charge in [-0.25, -0.2) is 0 Å². The van der Waals surface area contributed by atoms with Crippen molar-refractivity contribution in [2.24, 2.45) is 0 Å². The van der Waals surface area contributed by atoms with E-state index < -0.39 is 0 Å². The molecule has 1 aromatic carbocycles. The predicted octanol–water partition coefficient (Wildman–Crippen LogP) is 2.71. The second kappa shape index (κ2) is 7.65. The van der Waals surface area contributed by atoms with Crippen molar-refractivity contribution in [3.63, 3.8) is 0 Å². The van der Waals surface area contributed by atoms with Crippen molar-refractivity contribution in [3.8, 4) is 5.75 Å². The average Bonchev–Trinajstić information content (AvgIpc) is 2.92. The fraction of sp³-hybridized carbons (Fsp3) is 0.467. The van der Waals surface area contributed by atoms with E-state index in [0.717, 1.165) is 37.4 Å². The molecule has 0 aliphatic rings. The number of aryl methyl sites for hydroxylation is 1. The minimum Gasteiger partial charge on any atom is -0.484 e. The summed E-state index contributed by atoms with van der Waals surface area (Å²) < 4.78 is 10.8. The third kappa shape index (κ3) is 4.35. The van der Waals surface area contributed by atoms with Crippen molar-refractivity contribution in [3.05, 3.63) is 41.5 Å². The predicted molar refractivity (Wildman–Crippen MR) is 76.4 cm³/mol. The number of benzene rings is 1. The second-order valence-corrected chi connectivity index (χ2v) is 4.67. The Morgan fingerprint density at radius 3 is 3.05 bits per heavy atom. The van der Waals surface area contributed by atoms with Gasteiger partial charge >= 0.3 is 0 Å². The summed E-state index contributed by atoms with van der Waals surface area (Å²) >= 11 is 0. The molecule has 0 aliphatic heterocycles. The van der Waals surface area contributed by atoms with Crippen LogP contribution in [0.4, 0.5) is 0 Å². The molecule has 0 amide bonds. The summed E-state index contributed by atoms with van der Waals surface area (Å²) in [4.78, 5) is 4.31. The van der Waals surface area contributed by atoms with E-state index in [0.29, 0.717) is 12.5 Å². The molecule has 2 rings (SSSR count). The van der Waals surface area contributed by atoms with Crippen LogP contribution in [0, 0.1) is 0 Å². The fourth-order valence-electron chi connectivity index (χ4n) is 1.88. The van der Waals surface area contributed by atoms with Crippen molar-refractivity contribution in [2.45, 2.75) is 39.3 Å². The zero-order valence-electron chi connectivity index (χ0n) is 12.1. The molecule has 1 heterocycles. The molecule has 0 aliphatic carbocycles. The molecule has 0 radical (unpaired) electrons. The van der Waals surface area contributed by atoms with Gasteiger partial charge in [-0.2, -0.15) is 4.98 Å². The monoisotopic (exact) mass is 275 g/mol. The minimum absolute atomic E-state index is 0.308. The molecule has 2 aromatic rings. The van der Waals surface area contributed by atoms with Crippen molar-refractivity contribution in [1.82, 2.24) is 15.5 Å². The van der Waals surface area contributed by atoms with Crippen LogP contribution in [0.3, 0.4) is 0 Å². The van der Waals surface area contributed by atoms with Crippen LogP contribution < -0.4 is 10.1 Å². The van der Waals surface area contributed by atoms with Gasteiger partial charge in [-0.3, -0.25) is 0 Å². The van der Waals surface area contributed by atoms with Crippen LogP contribution in [0.2, 0.25) is 0 Å². The summed E-state index contributed by atoms with van der Waals surface area (Å²) in [6.45, 7) is 3.27. The van der Waals surface area contributed by atoms with Gasteiger partial charge in [0.2, 0.25) is 0 Å². The highest BCUT2D eigenvalue weighted by molar-refractivity contribution is 5.28. The second-order valence-electron chi connectivity index (χ2n) is 4.67. The van der Waals surface area contributed by atoms with Gasteiger partial charge < -0.3 is 14.6 Å². The number of hydrogen-bond acceptors (Lipinski definition) is 5. The zero-order valence-corrected chi connectivity index (χ0v) is 12.1. The first-order valence-corrected chi connectivity index (χ1v) is 6.99. The lowest BCUT2D eigenvalue weighted by molar-refractivity contribution is 0.242. The van der Waals surface area contributed by atoms with Crippen molar-refractivity contribution in [1.29, 1.82) is 0 Å². The standard InChI is InChI=1S/C15H21N3O2/c1-3-4-8-14-17-15(20-18-14)11-19-13-7-5-6-12(9-13)10-16-2/h5-7,9,16H,3-4,8,10-11H2,1-2H3. The maximum Gasteiger partial charge on any atom is 0.264 e. The third-order valence-corrected chi connectivity index (χ3v) is 2.91. The van der Waals surface area contributed by atoms with Crippen LogP contribution in [0.25, 0.3) is 0 Å². The SMILES string of the molecule is CCCCc1noc(COc2cccc(CNC)c2)n1. The number of ether oxygens (including phenoxy) is 1. The molecule has 108 valence electrons. The Morgan fingerprint density at radius 2 is 2.25 bits per heavy atom. The van der Waals surface area contributed by atoms with Crippen LogP contribution in [0.15, 0.2) is 28.8 Å². The van der Waals surface area contributed by atoms with Crippen molar-refractivity contribution < 1.29 is 9.26 Å². The van der Waals surface area contributed by atoms with Gasteiger partial charge in [0.15, 0.2) is 12.4 Å². The molecular weight excluding hydrogens is 254 g/mol. The van der Waals surface area contributed by atoms with Crippen molar-refractivity contribution in [2.75, 3.05) is 7.05 Å². The number of aromatic nitrogens is 2. The highest BCUT2D eigenvalue weighted by Gasteiger charge is 2.06. The summed E-state index contributed by atoms with van der Waals surface area (Å²) in [6.07, 6.45) is 3.06. The molecule has 5 heteroatoms. The van der Waals surface area contributed by atoms with E-state index in [4.69, 9.17) is 9.26 Å². The van der Waals surface area contributed by atoms with E-state index in [1.54, 1.807) is 0 Å². The largest absolute Gasteiger partial charge is 0.484 e. The molecule has 1 aromatic heterocycles. The van der Waals surface area contributed by atoms with Crippen LogP contribution in [-0.4, -0.2) is 17.2 Å². The summed E-state index contributed by atoms with van der Waals surface area (Å²) in [5.74, 6) is 2.09. The molecule has 20 heavy (non-hydrogen) atoms. The first-order chi connectivity index (χ1) is 9.81. The Hall–Kier alpha value is -1.88. The summed E-state index contributed by atoms with van der Waals surface area (Å²) in [5, 5.41) is 7.05. The number of nitrogens with one attached hydrogen (secondary N) is 1.